The lowest BCUT2D eigenvalue weighted by Crippen LogP contribution is -2.07. The number of esters is 1. The topological polar surface area (TPSA) is 35.5 Å². The van der Waals surface area contributed by atoms with Crippen LogP contribution in [0, 0.1) is 0 Å². The van der Waals surface area contributed by atoms with Crippen LogP contribution in [0.2, 0.25) is 0 Å². The van der Waals surface area contributed by atoms with Gasteiger partial charge in [0.2, 0.25) is 0 Å². The van der Waals surface area contributed by atoms with Crippen molar-refractivity contribution in [1.82, 2.24) is 0 Å². The Bertz CT molecular complexity index is 197. The van der Waals surface area contributed by atoms with Gasteiger partial charge in [-0.2, -0.15) is 0 Å². The average Bonchev–Trinajstić information content (AvgIpc) is 2.24. The Morgan fingerprint density at radius 1 is 1.13 bits per heavy atom. The molecule has 15 heavy (non-hydrogen) atoms. The number of hydrogen-bond donors (Lipinski definition) is 0. The molecule has 0 spiro atoms. The molecule has 0 unspecified atom stereocenters. The Morgan fingerprint density at radius 2 is 1.73 bits per heavy atom. The van der Waals surface area contributed by atoms with Crippen LogP contribution in [0.15, 0.2) is 11.8 Å². The van der Waals surface area contributed by atoms with E-state index >= 15 is 0 Å². The number of rotatable bonds is 8. The SMILES string of the molecule is CCCCO/C=C(\C)C(=O)OCCCC. The van der Waals surface area contributed by atoms with Crippen molar-refractivity contribution in [2.75, 3.05) is 13.2 Å². The zero-order valence-electron chi connectivity index (χ0n) is 10.0. The van der Waals surface area contributed by atoms with Crippen molar-refractivity contribution in [3.8, 4) is 0 Å². The Kier molecular flexibility index (Phi) is 8.93. The fraction of sp³-hybridized carbons (Fsp3) is 0.750. The number of carbonyl (C=O) groups excluding carboxylic acids is 1. The zero-order valence-corrected chi connectivity index (χ0v) is 10.0. The molecule has 3 nitrogen and oxygen atoms in total. The van der Waals surface area contributed by atoms with E-state index in [0.29, 0.717) is 18.8 Å². The summed E-state index contributed by atoms with van der Waals surface area (Å²) in [6.07, 6.45) is 5.53. The maximum atomic E-state index is 11.3. The van der Waals surface area contributed by atoms with Crippen LogP contribution in [0.1, 0.15) is 46.5 Å². The van der Waals surface area contributed by atoms with E-state index < -0.39 is 0 Å². The smallest absolute Gasteiger partial charge is 0.336 e. The molecule has 0 N–H and O–H groups in total. The molecular weight excluding hydrogens is 192 g/mol. The van der Waals surface area contributed by atoms with Crippen LogP contribution in [-0.4, -0.2) is 19.2 Å². The van der Waals surface area contributed by atoms with Crippen molar-refractivity contribution in [2.45, 2.75) is 46.5 Å². The van der Waals surface area contributed by atoms with Gasteiger partial charge in [0.05, 0.1) is 25.0 Å². The molecule has 0 aromatic heterocycles. The van der Waals surface area contributed by atoms with Gasteiger partial charge in [0.15, 0.2) is 0 Å². The van der Waals surface area contributed by atoms with Gasteiger partial charge in [-0.1, -0.05) is 26.7 Å². The van der Waals surface area contributed by atoms with E-state index in [2.05, 4.69) is 13.8 Å². The second-order valence-electron chi connectivity index (χ2n) is 3.51. The zero-order chi connectivity index (χ0) is 11.5. The van der Waals surface area contributed by atoms with Crippen molar-refractivity contribution in [1.29, 1.82) is 0 Å². The Labute approximate surface area is 92.5 Å². The molecular formula is C12H22O3. The number of carbonyl (C=O) groups is 1. The van der Waals surface area contributed by atoms with E-state index in [4.69, 9.17) is 9.47 Å². The second kappa shape index (κ2) is 9.56. The highest BCUT2D eigenvalue weighted by atomic mass is 16.5. The van der Waals surface area contributed by atoms with Gasteiger partial charge in [-0.05, 0) is 19.8 Å². The van der Waals surface area contributed by atoms with E-state index in [1.165, 1.54) is 6.26 Å². The second-order valence-corrected chi connectivity index (χ2v) is 3.51. The highest BCUT2D eigenvalue weighted by Crippen LogP contribution is 2.00. The average molecular weight is 214 g/mol. The molecule has 0 bridgehead atoms. The molecule has 0 amide bonds. The summed E-state index contributed by atoms with van der Waals surface area (Å²) in [6, 6.07) is 0. The van der Waals surface area contributed by atoms with Crippen molar-refractivity contribution in [2.24, 2.45) is 0 Å². The standard InChI is InChI=1S/C12H22O3/c1-4-6-8-14-10-11(3)12(13)15-9-7-5-2/h10H,4-9H2,1-3H3/b11-10+. The first kappa shape index (κ1) is 14.0. The van der Waals surface area contributed by atoms with Gasteiger partial charge >= 0.3 is 5.97 Å². The van der Waals surface area contributed by atoms with Gasteiger partial charge in [-0.15, -0.1) is 0 Å². The molecule has 0 heterocycles. The lowest BCUT2D eigenvalue weighted by molar-refractivity contribution is -0.139. The summed E-state index contributed by atoms with van der Waals surface area (Å²) >= 11 is 0. The molecule has 0 radical (unpaired) electrons. The molecule has 3 heteroatoms. The number of unbranched alkanes of at least 4 members (excludes halogenated alkanes) is 2. The van der Waals surface area contributed by atoms with Crippen LogP contribution in [0.4, 0.5) is 0 Å². The predicted octanol–water partition coefficient (Wildman–Crippen LogP) is 3.05. The Hall–Kier alpha value is -0.990. The van der Waals surface area contributed by atoms with E-state index in [1.807, 2.05) is 0 Å². The van der Waals surface area contributed by atoms with Gasteiger partial charge in [0.1, 0.15) is 0 Å². The minimum absolute atomic E-state index is 0.278. The summed E-state index contributed by atoms with van der Waals surface area (Å²) in [6.45, 7) is 7.02. The Balaban J connectivity index is 3.66. The largest absolute Gasteiger partial charge is 0.501 e. The maximum absolute atomic E-state index is 11.3. The molecule has 88 valence electrons. The summed E-state index contributed by atoms with van der Waals surface area (Å²) < 4.78 is 10.2. The van der Waals surface area contributed by atoms with Crippen molar-refractivity contribution in [3.63, 3.8) is 0 Å². The third kappa shape index (κ3) is 8.03. The van der Waals surface area contributed by atoms with Crippen LogP contribution in [0.5, 0.6) is 0 Å². The molecule has 0 aromatic rings. The maximum Gasteiger partial charge on any atom is 0.336 e. The fourth-order valence-electron chi connectivity index (χ4n) is 0.883. The van der Waals surface area contributed by atoms with Crippen LogP contribution < -0.4 is 0 Å². The van der Waals surface area contributed by atoms with E-state index in [0.717, 1.165) is 25.7 Å². The van der Waals surface area contributed by atoms with Gasteiger partial charge < -0.3 is 9.47 Å². The monoisotopic (exact) mass is 214 g/mol. The number of ether oxygens (including phenoxy) is 2. The molecule has 0 aliphatic carbocycles. The molecule has 0 aliphatic heterocycles. The highest BCUT2D eigenvalue weighted by Gasteiger charge is 2.04. The molecule has 0 atom stereocenters. The highest BCUT2D eigenvalue weighted by molar-refractivity contribution is 5.87. The molecule has 0 saturated carbocycles. The first-order valence-corrected chi connectivity index (χ1v) is 5.67. The summed E-state index contributed by atoms with van der Waals surface area (Å²) in [5, 5.41) is 0. The molecule has 0 aromatic carbocycles. The molecule has 0 rings (SSSR count). The van der Waals surface area contributed by atoms with Crippen molar-refractivity contribution >= 4 is 5.97 Å². The molecule has 0 saturated heterocycles. The summed E-state index contributed by atoms with van der Waals surface area (Å²) in [5.41, 5.74) is 0.530. The van der Waals surface area contributed by atoms with Crippen LogP contribution in [-0.2, 0) is 14.3 Å². The minimum atomic E-state index is -0.278. The van der Waals surface area contributed by atoms with E-state index in [9.17, 15) is 4.79 Å². The van der Waals surface area contributed by atoms with Gasteiger partial charge in [0.25, 0.3) is 0 Å². The van der Waals surface area contributed by atoms with E-state index in [-0.39, 0.29) is 5.97 Å². The summed E-state index contributed by atoms with van der Waals surface area (Å²) in [5.74, 6) is -0.278. The van der Waals surface area contributed by atoms with E-state index in [1.54, 1.807) is 6.92 Å². The van der Waals surface area contributed by atoms with Gasteiger partial charge in [-0.25, -0.2) is 4.79 Å². The Morgan fingerprint density at radius 3 is 2.33 bits per heavy atom. The van der Waals surface area contributed by atoms with Crippen LogP contribution in [0.3, 0.4) is 0 Å². The lowest BCUT2D eigenvalue weighted by atomic mass is 10.3. The quantitative estimate of drug-likeness (QED) is 0.269. The van der Waals surface area contributed by atoms with Crippen LogP contribution >= 0.6 is 0 Å². The van der Waals surface area contributed by atoms with Crippen molar-refractivity contribution < 1.29 is 14.3 Å². The fourth-order valence-corrected chi connectivity index (χ4v) is 0.883. The third-order valence-electron chi connectivity index (χ3n) is 1.93. The third-order valence-corrected chi connectivity index (χ3v) is 1.93. The predicted molar refractivity (Wildman–Crippen MR) is 60.5 cm³/mol. The number of hydrogen-bond acceptors (Lipinski definition) is 3. The first-order valence-electron chi connectivity index (χ1n) is 5.67. The summed E-state index contributed by atoms with van der Waals surface area (Å²) in [4.78, 5) is 11.3. The van der Waals surface area contributed by atoms with Crippen LogP contribution in [0.25, 0.3) is 0 Å². The molecule has 0 fully saturated rings. The summed E-state index contributed by atoms with van der Waals surface area (Å²) in [7, 11) is 0. The minimum Gasteiger partial charge on any atom is -0.501 e. The van der Waals surface area contributed by atoms with Crippen molar-refractivity contribution in [3.05, 3.63) is 11.8 Å². The van der Waals surface area contributed by atoms with Gasteiger partial charge in [0, 0.05) is 0 Å². The molecule has 0 aliphatic rings. The lowest BCUT2D eigenvalue weighted by Gasteiger charge is -2.04. The normalized spacial score (nSPS) is 11.3. The first-order chi connectivity index (χ1) is 7.22. The van der Waals surface area contributed by atoms with Gasteiger partial charge in [-0.3, -0.25) is 0 Å².